The van der Waals surface area contributed by atoms with Crippen molar-refractivity contribution in [3.63, 3.8) is 0 Å². The van der Waals surface area contributed by atoms with Crippen molar-refractivity contribution in [2.75, 3.05) is 59.4 Å². The lowest BCUT2D eigenvalue weighted by molar-refractivity contribution is -0.0137. The van der Waals surface area contributed by atoms with E-state index in [-0.39, 0.29) is 36.7 Å². The Hall–Kier alpha value is -1.83. The highest BCUT2D eigenvalue weighted by molar-refractivity contribution is 5.98. The van der Waals surface area contributed by atoms with Gasteiger partial charge in [-0.15, -0.1) is 0 Å². The Kier molecular flexibility index (Phi) is 10.3. The van der Waals surface area contributed by atoms with E-state index < -0.39 is 0 Å². The van der Waals surface area contributed by atoms with Gasteiger partial charge in [0.1, 0.15) is 5.75 Å². The quantitative estimate of drug-likeness (QED) is 0.745. The zero-order valence-corrected chi connectivity index (χ0v) is 21.0. The number of benzene rings is 1. The maximum atomic E-state index is 13.8. The van der Waals surface area contributed by atoms with Crippen LogP contribution < -0.4 is 9.64 Å². The minimum Gasteiger partial charge on any atom is -0.490 e. The van der Waals surface area contributed by atoms with Crippen LogP contribution in [0.3, 0.4) is 0 Å². The molecule has 4 atom stereocenters. The Labute approximate surface area is 194 Å². The van der Waals surface area contributed by atoms with E-state index in [1.165, 1.54) is 0 Å². The van der Waals surface area contributed by atoms with E-state index in [9.17, 15) is 9.90 Å². The predicted octanol–water partition coefficient (Wildman–Crippen LogP) is 3.11. The lowest BCUT2D eigenvalue weighted by Crippen LogP contribution is -2.47. The first-order chi connectivity index (χ1) is 15.1. The zero-order valence-electron chi connectivity index (χ0n) is 21.0. The lowest BCUT2D eigenvalue weighted by atomic mass is 10.0. The number of aliphatic hydroxyl groups is 1. The number of nitrogens with zero attached hydrogens (tertiary/aromatic N) is 3. The third-order valence-corrected chi connectivity index (χ3v) is 6.10. The Morgan fingerprint density at radius 3 is 2.53 bits per heavy atom. The van der Waals surface area contributed by atoms with Crippen molar-refractivity contribution in [2.45, 2.75) is 58.3 Å². The molecule has 1 aliphatic heterocycles. The van der Waals surface area contributed by atoms with Crippen molar-refractivity contribution in [1.29, 1.82) is 0 Å². The van der Waals surface area contributed by atoms with Crippen molar-refractivity contribution >= 4 is 11.6 Å². The molecule has 0 radical (unpaired) electrons. The summed E-state index contributed by atoms with van der Waals surface area (Å²) in [4.78, 5) is 19.7. The van der Waals surface area contributed by atoms with Gasteiger partial charge < -0.3 is 29.3 Å². The molecule has 1 aliphatic rings. The smallest absolute Gasteiger partial charge is 0.258 e. The van der Waals surface area contributed by atoms with Gasteiger partial charge in [0, 0.05) is 45.4 Å². The first-order valence-electron chi connectivity index (χ1n) is 11.8. The summed E-state index contributed by atoms with van der Waals surface area (Å²) >= 11 is 0. The van der Waals surface area contributed by atoms with E-state index in [1.54, 1.807) is 4.90 Å². The number of carbonyl (C=O) groups excluding carboxylic acids is 1. The SMILES string of the molecule is C[C@H]1CCCCO[C@H](CN(C)C)[C@@H](C)CN([C@@H](C)CO)C(=O)c2cc(N(C)C)ccc2O1. The van der Waals surface area contributed by atoms with Crippen LogP contribution >= 0.6 is 0 Å². The van der Waals surface area contributed by atoms with Crippen LogP contribution in [0.15, 0.2) is 18.2 Å². The van der Waals surface area contributed by atoms with Crippen molar-refractivity contribution in [3.05, 3.63) is 23.8 Å². The van der Waals surface area contributed by atoms with E-state index in [0.29, 0.717) is 24.5 Å². The van der Waals surface area contributed by atoms with Gasteiger partial charge in [0.25, 0.3) is 5.91 Å². The first-order valence-corrected chi connectivity index (χ1v) is 11.8. The Balaban J connectivity index is 2.48. The molecule has 1 N–H and O–H groups in total. The Bertz CT molecular complexity index is 725. The molecular formula is C25H43N3O4. The zero-order chi connectivity index (χ0) is 23.8. The number of carbonyl (C=O) groups is 1. The lowest BCUT2D eigenvalue weighted by Gasteiger charge is -2.35. The third kappa shape index (κ3) is 7.36. The topological polar surface area (TPSA) is 65.5 Å². The number of aliphatic hydroxyl groups excluding tert-OH is 1. The van der Waals surface area contributed by atoms with Crippen LogP contribution in [0.2, 0.25) is 0 Å². The molecule has 2 rings (SSSR count). The molecule has 0 saturated heterocycles. The molecule has 0 aliphatic carbocycles. The van der Waals surface area contributed by atoms with Gasteiger partial charge in [-0.2, -0.15) is 0 Å². The number of rotatable bonds is 5. The second-order valence-electron chi connectivity index (χ2n) is 9.64. The van der Waals surface area contributed by atoms with Crippen LogP contribution in [-0.2, 0) is 4.74 Å². The highest BCUT2D eigenvalue weighted by Crippen LogP contribution is 2.29. The molecule has 7 nitrogen and oxygen atoms in total. The average Bonchev–Trinajstić information content (AvgIpc) is 2.74. The number of hydrogen-bond acceptors (Lipinski definition) is 6. The van der Waals surface area contributed by atoms with Crippen LogP contribution in [0.1, 0.15) is 50.4 Å². The van der Waals surface area contributed by atoms with Crippen LogP contribution in [0.4, 0.5) is 5.69 Å². The monoisotopic (exact) mass is 449 g/mol. The highest BCUT2D eigenvalue weighted by atomic mass is 16.5. The predicted molar refractivity (Wildman–Crippen MR) is 130 cm³/mol. The fraction of sp³-hybridized carbons (Fsp3) is 0.720. The minimum absolute atomic E-state index is 0.00472. The molecule has 7 heteroatoms. The molecule has 182 valence electrons. The highest BCUT2D eigenvalue weighted by Gasteiger charge is 2.30. The molecule has 1 amide bonds. The maximum Gasteiger partial charge on any atom is 0.258 e. The summed E-state index contributed by atoms with van der Waals surface area (Å²) in [7, 11) is 7.99. The first kappa shape index (κ1) is 26.4. The van der Waals surface area contributed by atoms with Gasteiger partial charge in [-0.1, -0.05) is 6.92 Å². The van der Waals surface area contributed by atoms with E-state index in [0.717, 1.165) is 31.5 Å². The summed E-state index contributed by atoms with van der Waals surface area (Å²) < 4.78 is 12.5. The molecule has 1 heterocycles. The van der Waals surface area contributed by atoms with Crippen molar-refractivity contribution in [2.24, 2.45) is 5.92 Å². The van der Waals surface area contributed by atoms with Gasteiger partial charge in [0.15, 0.2) is 0 Å². The standard InChI is InChI=1S/C25H43N3O4/c1-18-15-28(19(2)17-29)25(30)22-14-21(27(6)7)11-12-23(22)32-20(3)10-8-9-13-31-24(18)16-26(4)5/h11-12,14,18-20,24,29H,8-10,13,15-17H2,1-7H3/t18-,19-,20-,24+/m0/s1. The van der Waals surface area contributed by atoms with Gasteiger partial charge in [0.2, 0.25) is 0 Å². The molecule has 0 fully saturated rings. The maximum absolute atomic E-state index is 13.8. The fourth-order valence-electron chi connectivity index (χ4n) is 4.01. The van der Waals surface area contributed by atoms with Gasteiger partial charge in [-0.3, -0.25) is 4.79 Å². The number of anilines is 1. The second-order valence-corrected chi connectivity index (χ2v) is 9.64. The summed E-state index contributed by atoms with van der Waals surface area (Å²) in [5.41, 5.74) is 1.48. The fourth-order valence-corrected chi connectivity index (χ4v) is 4.01. The van der Waals surface area contributed by atoms with Gasteiger partial charge >= 0.3 is 0 Å². The van der Waals surface area contributed by atoms with Gasteiger partial charge in [0.05, 0.1) is 30.4 Å². The summed E-state index contributed by atoms with van der Waals surface area (Å²) in [5.74, 6) is 0.595. The minimum atomic E-state index is -0.314. The Morgan fingerprint density at radius 1 is 1.19 bits per heavy atom. The molecule has 1 aromatic rings. The largest absolute Gasteiger partial charge is 0.490 e. The number of amides is 1. The third-order valence-electron chi connectivity index (χ3n) is 6.10. The molecule has 0 unspecified atom stereocenters. The second kappa shape index (κ2) is 12.4. The average molecular weight is 450 g/mol. The van der Waals surface area contributed by atoms with Gasteiger partial charge in [-0.25, -0.2) is 0 Å². The van der Waals surface area contributed by atoms with Crippen molar-refractivity contribution < 1.29 is 19.4 Å². The van der Waals surface area contributed by atoms with Gasteiger partial charge in [-0.05, 0) is 65.4 Å². The molecule has 0 saturated carbocycles. The summed E-state index contributed by atoms with van der Waals surface area (Å²) in [6.07, 6.45) is 2.89. The van der Waals surface area contributed by atoms with E-state index >= 15 is 0 Å². The van der Waals surface area contributed by atoms with Crippen molar-refractivity contribution in [1.82, 2.24) is 9.80 Å². The number of ether oxygens (including phenoxy) is 2. The normalized spacial score (nSPS) is 24.5. The molecule has 0 aromatic heterocycles. The number of fused-ring (bicyclic) bond motifs is 1. The summed E-state index contributed by atoms with van der Waals surface area (Å²) in [6.45, 7) is 7.94. The molecule has 0 spiro atoms. The van der Waals surface area contributed by atoms with Crippen LogP contribution in [-0.4, -0.2) is 93.6 Å². The molecular weight excluding hydrogens is 406 g/mol. The van der Waals surface area contributed by atoms with E-state index in [2.05, 4.69) is 11.8 Å². The Morgan fingerprint density at radius 2 is 1.91 bits per heavy atom. The van der Waals surface area contributed by atoms with Crippen LogP contribution in [0.5, 0.6) is 5.75 Å². The van der Waals surface area contributed by atoms with Crippen LogP contribution in [0.25, 0.3) is 0 Å². The number of hydrogen-bond donors (Lipinski definition) is 1. The number of likely N-dealkylation sites (N-methyl/N-ethyl adjacent to an activating group) is 1. The molecule has 1 aromatic carbocycles. The molecule has 0 bridgehead atoms. The van der Waals surface area contributed by atoms with E-state index in [4.69, 9.17) is 9.47 Å². The van der Waals surface area contributed by atoms with E-state index in [1.807, 2.05) is 65.1 Å². The van der Waals surface area contributed by atoms with Crippen LogP contribution in [0, 0.1) is 5.92 Å². The summed E-state index contributed by atoms with van der Waals surface area (Å²) in [6, 6.07) is 5.46. The summed E-state index contributed by atoms with van der Waals surface area (Å²) in [5, 5.41) is 9.93. The van der Waals surface area contributed by atoms with Crippen molar-refractivity contribution in [3.8, 4) is 5.75 Å². The molecule has 32 heavy (non-hydrogen) atoms.